The van der Waals surface area contributed by atoms with Crippen LogP contribution < -0.4 is 15.8 Å². The summed E-state index contributed by atoms with van der Waals surface area (Å²) in [5, 5.41) is 3.22. The van der Waals surface area contributed by atoms with E-state index >= 15 is 0 Å². The Balaban J connectivity index is 3.00. The van der Waals surface area contributed by atoms with Crippen LogP contribution in [0.4, 0.5) is 0 Å². The second-order valence-electron chi connectivity index (χ2n) is 5.10. The zero-order chi connectivity index (χ0) is 13.9. The lowest BCUT2D eigenvalue weighted by Gasteiger charge is -2.28. The molecule has 0 bridgehead atoms. The van der Waals surface area contributed by atoms with Crippen molar-refractivity contribution >= 4 is 5.91 Å². The number of ether oxygens (including phenoxy) is 1. The topological polar surface area (TPSA) is 64.3 Å². The first-order chi connectivity index (χ1) is 8.27. The average Bonchev–Trinajstić information content (AvgIpc) is 2.28. The van der Waals surface area contributed by atoms with Crippen LogP contribution in [0, 0.1) is 6.92 Å². The zero-order valence-corrected chi connectivity index (χ0v) is 11.7. The van der Waals surface area contributed by atoms with Gasteiger partial charge in [-0.3, -0.25) is 10.1 Å². The van der Waals surface area contributed by atoms with Crippen molar-refractivity contribution in [3.05, 3.63) is 29.3 Å². The van der Waals surface area contributed by atoms with Gasteiger partial charge in [-0.1, -0.05) is 17.7 Å². The monoisotopic (exact) mass is 250 g/mol. The lowest BCUT2D eigenvalue weighted by Crippen LogP contribution is -2.51. The molecule has 0 radical (unpaired) electrons. The molecule has 1 aromatic rings. The molecule has 1 aromatic carbocycles. The molecular weight excluding hydrogens is 228 g/mol. The number of nitrogens with two attached hydrogens (primary N) is 1. The molecule has 100 valence electrons. The number of hydrogen-bond donors (Lipinski definition) is 2. The van der Waals surface area contributed by atoms with Crippen molar-refractivity contribution in [2.75, 3.05) is 7.11 Å². The SMILES string of the molecule is COc1ccc(C)cc1C(C)NC(C)(C)C(N)=O. The van der Waals surface area contributed by atoms with Crippen molar-refractivity contribution in [2.45, 2.75) is 39.3 Å². The first kappa shape index (κ1) is 14.5. The van der Waals surface area contributed by atoms with E-state index in [1.54, 1.807) is 21.0 Å². The molecule has 3 N–H and O–H groups in total. The van der Waals surface area contributed by atoms with Gasteiger partial charge in [-0.05, 0) is 33.8 Å². The van der Waals surface area contributed by atoms with Crippen LogP contribution in [0.1, 0.15) is 37.9 Å². The first-order valence-corrected chi connectivity index (χ1v) is 6.00. The maximum atomic E-state index is 11.3. The van der Waals surface area contributed by atoms with E-state index in [1.807, 2.05) is 32.0 Å². The smallest absolute Gasteiger partial charge is 0.237 e. The van der Waals surface area contributed by atoms with Gasteiger partial charge in [0.05, 0.1) is 12.6 Å². The molecule has 0 aliphatic heterocycles. The fourth-order valence-electron chi connectivity index (χ4n) is 1.88. The minimum atomic E-state index is -0.756. The van der Waals surface area contributed by atoms with E-state index in [-0.39, 0.29) is 11.9 Å². The summed E-state index contributed by atoms with van der Waals surface area (Å²) in [6, 6.07) is 5.95. The summed E-state index contributed by atoms with van der Waals surface area (Å²) in [6.07, 6.45) is 0. The standard InChI is InChI=1S/C14H22N2O2/c1-9-6-7-12(18-5)11(8-9)10(2)16-14(3,4)13(15)17/h6-8,10,16H,1-5H3,(H2,15,17). The van der Waals surface area contributed by atoms with Crippen LogP contribution in [-0.4, -0.2) is 18.6 Å². The molecule has 0 fully saturated rings. The number of benzene rings is 1. The van der Waals surface area contributed by atoms with Gasteiger partial charge in [-0.15, -0.1) is 0 Å². The number of primary amides is 1. The zero-order valence-electron chi connectivity index (χ0n) is 11.7. The second kappa shape index (κ2) is 5.40. The summed E-state index contributed by atoms with van der Waals surface area (Å²) in [5.74, 6) is 0.432. The van der Waals surface area contributed by atoms with Crippen LogP contribution in [0.2, 0.25) is 0 Å². The number of methoxy groups -OCH3 is 1. The van der Waals surface area contributed by atoms with Gasteiger partial charge in [0.2, 0.25) is 5.91 Å². The quantitative estimate of drug-likeness (QED) is 0.839. The maximum absolute atomic E-state index is 11.3. The van der Waals surface area contributed by atoms with Crippen LogP contribution in [0.5, 0.6) is 5.75 Å². The summed E-state index contributed by atoms with van der Waals surface area (Å²) in [6.45, 7) is 7.55. The van der Waals surface area contributed by atoms with E-state index in [4.69, 9.17) is 10.5 Å². The third-order valence-corrected chi connectivity index (χ3v) is 3.05. The van der Waals surface area contributed by atoms with Crippen molar-refractivity contribution in [1.29, 1.82) is 0 Å². The van der Waals surface area contributed by atoms with Crippen LogP contribution in [0.3, 0.4) is 0 Å². The molecule has 1 atom stereocenters. The van der Waals surface area contributed by atoms with Crippen LogP contribution in [-0.2, 0) is 4.79 Å². The number of aryl methyl sites for hydroxylation is 1. The molecule has 0 spiro atoms. The number of carbonyl (C=O) groups is 1. The van der Waals surface area contributed by atoms with E-state index < -0.39 is 5.54 Å². The van der Waals surface area contributed by atoms with E-state index in [9.17, 15) is 4.79 Å². The highest BCUT2D eigenvalue weighted by Gasteiger charge is 2.27. The van der Waals surface area contributed by atoms with Gasteiger partial charge in [0.15, 0.2) is 0 Å². The van der Waals surface area contributed by atoms with Crippen molar-refractivity contribution < 1.29 is 9.53 Å². The molecule has 18 heavy (non-hydrogen) atoms. The molecule has 1 amide bonds. The van der Waals surface area contributed by atoms with Crippen LogP contribution >= 0.6 is 0 Å². The molecule has 0 heterocycles. The number of amides is 1. The predicted molar refractivity (Wildman–Crippen MR) is 72.6 cm³/mol. The van der Waals surface area contributed by atoms with E-state index in [2.05, 4.69) is 5.32 Å². The maximum Gasteiger partial charge on any atom is 0.237 e. The molecule has 0 saturated carbocycles. The Hall–Kier alpha value is -1.55. The fraction of sp³-hybridized carbons (Fsp3) is 0.500. The minimum absolute atomic E-state index is 0.0256. The van der Waals surface area contributed by atoms with Crippen LogP contribution in [0.15, 0.2) is 18.2 Å². The molecule has 0 aliphatic carbocycles. The predicted octanol–water partition coefficient (Wildman–Crippen LogP) is 1.92. The Kier molecular flexibility index (Phi) is 4.35. The highest BCUT2D eigenvalue weighted by atomic mass is 16.5. The molecule has 1 unspecified atom stereocenters. The molecule has 1 rings (SSSR count). The Labute approximate surface area is 109 Å². The normalized spacial score (nSPS) is 13.2. The molecule has 4 heteroatoms. The number of carbonyl (C=O) groups excluding carboxylic acids is 1. The lowest BCUT2D eigenvalue weighted by molar-refractivity contribution is -0.123. The Morgan fingerprint density at radius 2 is 2.06 bits per heavy atom. The van der Waals surface area contributed by atoms with Gasteiger partial charge in [-0.25, -0.2) is 0 Å². The van der Waals surface area contributed by atoms with E-state index in [1.165, 1.54) is 0 Å². The Morgan fingerprint density at radius 3 is 2.56 bits per heavy atom. The molecule has 0 saturated heterocycles. The van der Waals surface area contributed by atoms with Gasteiger partial charge >= 0.3 is 0 Å². The Morgan fingerprint density at radius 1 is 1.44 bits per heavy atom. The minimum Gasteiger partial charge on any atom is -0.496 e. The highest BCUT2D eigenvalue weighted by Crippen LogP contribution is 2.27. The lowest BCUT2D eigenvalue weighted by atomic mass is 9.99. The van der Waals surface area contributed by atoms with Gasteiger partial charge in [0, 0.05) is 11.6 Å². The largest absolute Gasteiger partial charge is 0.496 e. The Bertz CT molecular complexity index is 441. The third kappa shape index (κ3) is 3.23. The number of rotatable bonds is 5. The van der Waals surface area contributed by atoms with Gasteiger partial charge < -0.3 is 10.5 Å². The molecular formula is C14H22N2O2. The van der Waals surface area contributed by atoms with E-state index in [0.717, 1.165) is 16.9 Å². The summed E-state index contributed by atoms with van der Waals surface area (Å²) < 4.78 is 5.34. The molecule has 0 aromatic heterocycles. The van der Waals surface area contributed by atoms with Crippen molar-refractivity contribution in [1.82, 2.24) is 5.32 Å². The number of hydrogen-bond acceptors (Lipinski definition) is 3. The highest BCUT2D eigenvalue weighted by molar-refractivity contribution is 5.83. The van der Waals surface area contributed by atoms with E-state index in [0.29, 0.717) is 0 Å². The van der Waals surface area contributed by atoms with Crippen molar-refractivity contribution in [2.24, 2.45) is 5.73 Å². The fourth-order valence-corrected chi connectivity index (χ4v) is 1.88. The second-order valence-corrected chi connectivity index (χ2v) is 5.10. The van der Waals surface area contributed by atoms with Gasteiger partial charge in [-0.2, -0.15) is 0 Å². The summed E-state index contributed by atoms with van der Waals surface area (Å²) in [5.41, 5.74) is 6.78. The number of nitrogens with one attached hydrogen (secondary N) is 1. The third-order valence-electron chi connectivity index (χ3n) is 3.05. The summed E-state index contributed by atoms with van der Waals surface area (Å²) in [7, 11) is 1.64. The molecule has 4 nitrogen and oxygen atoms in total. The van der Waals surface area contributed by atoms with Gasteiger partial charge in [0.1, 0.15) is 5.75 Å². The molecule has 0 aliphatic rings. The summed E-state index contributed by atoms with van der Waals surface area (Å²) in [4.78, 5) is 11.3. The van der Waals surface area contributed by atoms with Crippen LogP contribution in [0.25, 0.3) is 0 Å². The summed E-state index contributed by atoms with van der Waals surface area (Å²) >= 11 is 0. The van der Waals surface area contributed by atoms with Gasteiger partial charge in [0.25, 0.3) is 0 Å². The first-order valence-electron chi connectivity index (χ1n) is 6.00. The van der Waals surface area contributed by atoms with Crippen molar-refractivity contribution in [3.8, 4) is 5.75 Å². The van der Waals surface area contributed by atoms with Crippen molar-refractivity contribution in [3.63, 3.8) is 0 Å². The average molecular weight is 250 g/mol.